The molecule has 0 atom stereocenters. The van der Waals surface area contributed by atoms with E-state index < -0.39 is 0 Å². The zero-order valence-electron chi connectivity index (χ0n) is 9.42. The van der Waals surface area contributed by atoms with E-state index in [1.165, 1.54) is 18.4 Å². The van der Waals surface area contributed by atoms with Crippen LogP contribution >= 0.6 is 39.0 Å². The van der Waals surface area contributed by atoms with Gasteiger partial charge >= 0.3 is 5.97 Å². The Morgan fingerprint density at radius 2 is 2.39 bits per heavy atom. The Kier molecular flexibility index (Phi) is 4.73. The number of halogens is 1. The molecule has 18 heavy (non-hydrogen) atoms. The van der Waals surface area contributed by atoms with Crippen molar-refractivity contribution in [3.8, 4) is 0 Å². The molecule has 0 bridgehead atoms. The van der Waals surface area contributed by atoms with Crippen LogP contribution in [0.5, 0.6) is 0 Å². The number of carbonyl (C=O) groups excluding carboxylic acids is 1. The highest BCUT2D eigenvalue weighted by Gasteiger charge is 2.12. The van der Waals surface area contributed by atoms with Gasteiger partial charge in [0.2, 0.25) is 0 Å². The van der Waals surface area contributed by atoms with Gasteiger partial charge in [0.15, 0.2) is 4.34 Å². The molecule has 2 aromatic rings. The summed E-state index contributed by atoms with van der Waals surface area (Å²) < 4.78 is 6.58. The first-order chi connectivity index (χ1) is 8.70. The minimum absolute atomic E-state index is 0.324. The normalized spacial score (nSPS) is 10.3. The van der Waals surface area contributed by atoms with E-state index in [9.17, 15) is 4.79 Å². The number of esters is 1. The summed E-state index contributed by atoms with van der Waals surface area (Å²) in [6, 6.07) is 5.50. The molecule has 4 nitrogen and oxygen atoms in total. The second-order valence-electron chi connectivity index (χ2n) is 3.29. The number of hydrogen-bond acceptors (Lipinski definition) is 6. The highest BCUT2D eigenvalue weighted by atomic mass is 79.9. The van der Waals surface area contributed by atoms with E-state index in [1.807, 2.05) is 12.1 Å². The number of rotatable bonds is 4. The SMILES string of the molecule is COC(=O)c1ccc(Br)cc1CSc1nncs1. The lowest BCUT2D eigenvalue weighted by molar-refractivity contribution is 0.0600. The minimum Gasteiger partial charge on any atom is -0.465 e. The third-order valence-corrected chi connectivity index (χ3v) is 4.57. The summed E-state index contributed by atoms with van der Waals surface area (Å²) in [6.07, 6.45) is 0. The number of hydrogen-bond donors (Lipinski definition) is 0. The topological polar surface area (TPSA) is 52.1 Å². The lowest BCUT2D eigenvalue weighted by atomic mass is 10.1. The van der Waals surface area contributed by atoms with Crippen molar-refractivity contribution in [3.63, 3.8) is 0 Å². The maximum Gasteiger partial charge on any atom is 0.338 e. The Bertz CT molecular complexity index is 546. The van der Waals surface area contributed by atoms with Crippen LogP contribution in [-0.4, -0.2) is 23.3 Å². The molecule has 7 heteroatoms. The van der Waals surface area contributed by atoms with Crippen LogP contribution in [0.2, 0.25) is 0 Å². The van der Waals surface area contributed by atoms with Crippen molar-refractivity contribution < 1.29 is 9.53 Å². The summed E-state index contributed by atoms with van der Waals surface area (Å²) in [4.78, 5) is 11.6. The van der Waals surface area contributed by atoms with Gasteiger partial charge in [0.25, 0.3) is 0 Å². The average Bonchev–Trinajstić information content (AvgIpc) is 2.88. The number of thioether (sulfide) groups is 1. The van der Waals surface area contributed by atoms with Gasteiger partial charge in [0.1, 0.15) is 5.51 Å². The quantitative estimate of drug-likeness (QED) is 0.628. The van der Waals surface area contributed by atoms with Gasteiger partial charge in [-0.15, -0.1) is 10.2 Å². The van der Waals surface area contributed by atoms with Crippen molar-refractivity contribution in [1.29, 1.82) is 0 Å². The Labute approximate surface area is 121 Å². The predicted molar refractivity (Wildman–Crippen MR) is 75.0 cm³/mol. The maximum atomic E-state index is 11.6. The van der Waals surface area contributed by atoms with Gasteiger partial charge in [0.05, 0.1) is 12.7 Å². The van der Waals surface area contributed by atoms with E-state index in [2.05, 4.69) is 26.1 Å². The van der Waals surface area contributed by atoms with E-state index in [-0.39, 0.29) is 5.97 Å². The molecule has 0 radical (unpaired) electrons. The maximum absolute atomic E-state index is 11.6. The third-order valence-electron chi connectivity index (χ3n) is 2.16. The summed E-state index contributed by atoms with van der Waals surface area (Å²) in [7, 11) is 1.38. The van der Waals surface area contributed by atoms with Crippen molar-refractivity contribution >= 4 is 45.0 Å². The molecule has 0 unspecified atom stereocenters. The van der Waals surface area contributed by atoms with Crippen molar-refractivity contribution in [2.75, 3.05) is 7.11 Å². The van der Waals surface area contributed by atoms with E-state index in [0.29, 0.717) is 11.3 Å². The zero-order valence-corrected chi connectivity index (χ0v) is 12.6. The van der Waals surface area contributed by atoms with Gasteiger partial charge in [-0.1, -0.05) is 39.0 Å². The molecule has 94 valence electrons. The number of methoxy groups -OCH3 is 1. The first-order valence-corrected chi connectivity index (χ1v) is 7.62. The molecule has 1 aromatic carbocycles. The predicted octanol–water partition coefficient (Wildman–Crippen LogP) is 3.38. The lowest BCUT2D eigenvalue weighted by Gasteiger charge is -2.07. The van der Waals surface area contributed by atoms with Gasteiger partial charge in [0, 0.05) is 10.2 Å². The van der Waals surface area contributed by atoms with Gasteiger partial charge < -0.3 is 4.74 Å². The second kappa shape index (κ2) is 6.31. The van der Waals surface area contributed by atoms with E-state index >= 15 is 0 Å². The molecule has 2 rings (SSSR count). The molecule has 1 heterocycles. The number of ether oxygens (including phenoxy) is 1. The molecule has 0 N–H and O–H groups in total. The molecule has 1 aromatic heterocycles. The van der Waals surface area contributed by atoms with Crippen LogP contribution in [0.4, 0.5) is 0 Å². The number of benzene rings is 1. The zero-order chi connectivity index (χ0) is 13.0. The molecule has 0 amide bonds. The van der Waals surface area contributed by atoms with Gasteiger partial charge in [-0.25, -0.2) is 4.79 Å². The van der Waals surface area contributed by atoms with Gasteiger partial charge in [-0.05, 0) is 23.8 Å². The average molecular weight is 345 g/mol. The molecular formula is C11H9BrN2O2S2. The monoisotopic (exact) mass is 344 g/mol. The summed E-state index contributed by atoms with van der Waals surface area (Å²) in [6.45, 7) is 0. The van der Waals surface area contributed by atoms with Crippen molar-refractivity contribution in [3.05, 3.63) is 39.3 Å². The Morgan fingerprint density at radius 3 is 3.06 bits per heavy atom. The molecule has 0 aliphatic rings. The van der Waals surface area contributed by atoms with Gasteiger partial charge in [-0.2, -0.15) is 0 Å². The van der Waals surface area contributed by atoms with Crippen LogP contribution in [0.25, 0.3) is 0 Å². The van der Waals surface area contributed by atoms with Crippen LogP contribution in [0.15, 0.2) is 32.5 Å². The first-order valence-electron chi connectivity index (χ1n) is 4.96. The van der Waals surface area contributed by atoms with Crippen LogP contribution in [0.3, 0.4) is 0 Å². The molecule has 0 aliphatic heterocycles. The number of aromatic nitrogens is 2. The van der Waals surface area contributed by atoms with Crippen LogP contribution < -0.4 is 0 Å². The van der Waals surface area contributed by atoms with E-state index in [0.717, 1.165) is 14.4 Å². The van der Waals surface area contributed by atoms with E-state index in [4.69, 9.17) is 4.74 Å². The molecule has 0 spiro atoms. The third kappa shape index (κ3) is 3.30. The van der Waals surface area contributed by atoms with Crippen molar-refractivity contribution in [1.82, 2.24) is 10.2 Å². The minimum atomic E-state index is -0.324. The smallest absolute Gasteiger partial charge is 0.338 e. The molecule has 0 fully saturated rings. The summed E-state index contributed by atoms with van der Waals surface area (Å²) in [5, 5.41) is 7.72. The summed E-state index contributed by atoms with van der Waals surface area (Å²) in [5.41, 5.74) is 3.18. The van der Waals surface area contributed by atoms with Crippen molar-refractivity contribution in [2.45, 2.75) is 10.1 Å². The number of nitrogens with zero attached hydrogens (tertiary/aromatic N) is 2. The van der Waals surface area contributed by atoms with E-state index in [1.54, 1.807) is 23.3 Å². The van der Waals surface area contributed by atoms with Crippen LogP contribution in [0, 0.1) is 0 Å². The molecule has 0 aliphatic carbocycles. The second-order valence-corrected chi connectivity index (χ2v) is 6.26. The fourth-order valence-electron chi connectivity index (χ4n) is 1.36. The van der Waals surface area contributed by atoms with Crippen molar-refractivity contribution in [2.24, 2.45) is 0 Å². The standard InChI is InChI=1S/C11H9BrN2O2S2/c1-16-10(15)9-3-2-8(12)4-7(9)5-17-11-14-13-6-18-11/h2-4,6H,5H2,1H3. The Balaban J connectivity index is 2.19. The highest BCUT2D eigenvalue weighted by molar-refractivity contribution is 9.10. The fraction of sp³-hybridized carbons (Fsp3) is 0.182. The molecule has 0 saturated heterocycles. The fourth-order valence-corrected chi connectivity index (χ4v) is 3.24. The van der Waals surface area contributed by atoms with Crippen LogP contribution in [0.1, 0.15) is 15.9 Å². The number of carbonyl (C=O) groups is 1. The van der Waals surface area contributed by atoms with Crippen LogP contribution in [-0.2, 0) is 10.5 Å². The molecular weight excluding hydrogens is 336 g/mol. The Morgan fingerprint density at radius 1 is 1.56 bits per heavy atom. The molecule has 0 saturated carbocycles. The largest absolute Gasteiger partial charge is 0.465 e. The summed E-state index contributed by atoms with van der Waals surface area (Å²) in [5.74, 6) is 0.328. The lowest BCUT2D eigenvalue weighted by Crippen LogP contribution is -2.05. The Hall–Kier alpha value is -0.920. The summed E-state index contributed by atoms with van der Waals surface area (Å²) >= 11 is 6.43. The highest BCUT2D eigenvalue weighted by Crippen LogP contribution is 2.27. The first kappa shape index (κ1) is 13.5. The van der Waals surface area contributed by atoms with Gasteiger partial charge in [-0.3, -0.25) is 0 Å².